The van der Waals surface area contributed by atoms with Gasteiger partial charge in [0.1, 0.15) is 12.4 Å². The summed E-state index contributed by atoms with van der Waals surface area (Å²) in [6.45, 7) is 8.06. The molecule has 1 aliphatic rings. The van der Waals surface area contributed by atoms with Gasteiger partial charge in [0.15, 0.2) is 0 Å². The number of hydrogen-bond donors (Lipinski definition) is 1. The van der Waals surface area contributed by atoms with E-state index in [4.69, 9.17) is 4.74 Å². The van der Waals surface area contributed by atoms with Crippen molar-refractivity contribution in [1.82, 2.24) is 30.4 Å². The summed E-state index contributed by atoms with van der Waals surface area (Å²) in [5.41, 5.74) is 0.924. The van der Waals surface area contributed by atoms with Crippen LogP contribution in [-0.2, 0) is 16.0 Å². The molecular formula is C18H26N6O2. The lowest BCUT2D eigenvalue weighted by Gasteiger charge is -2.41. The summed E-state index contributed by atoms with van der Waals surface area (Å²) >= 11 is 0. The lowest BCUT2D eigenvalue weighted by atomic mass is 10.0. The molecule has 1 aromatic carbocycles. The Hall–Kier alpha value is -2.32. The second kappa shape index (κ2) is 8.37. The minimum Gasteiger partial charge on any atom is -0.379 e. The standard InChI is InChI=1S/C18H26N6O2/c1-18(2,23-8-10-26-11-9-23)13-19-17(25)16(24-14-20-21-22-24)12-15-6-4-3-5-7-15/h3-7,14,16H,8-13H2,1-2H3,(H,19,25). The Morgan fingerprint density at radius 2 is 2.00 bits per heavy atom. The first-order valence-corrected chi connectivity index (χ1v) is 8.93. The molecule has 26 heavy (non-hydrogen) atoms. The van der Waals surface area contributed by atoms with E-state index in [1.807, 2.05) is 30.3 Å². The molecule has 1 atom stereocenters. The molecule has 1 amide bonds. The number of nitrogens with zero attached hydrogens (tertiary/aromatic N) is 5. The summed E-state index contributed by atoms with van der Waals surface area (Å²) in [6.07, 6.45) is 2.02. The highest BCUT2D eigenvalue weighted by molar-refractivity contribution is 5.80. The number of rotatable bonds is 7. The van der Waals surface area contributed by atoms with Gasteiger partial charge in [0, 0.05) is 31.6 Å². The van der Waals surface area contributed by atoms with E-state index >= 15 is 0 Å². The van der Waals surface area contributed by atoms with Gasteiger partial charge >= 0.3 is 0 Å². The highest BCUT2D eigenvalue weighted by atomic mass is 16.5. The average molecular weight is 358 g/mol. The van der Waals surface area contributed by atoms with Crippen LogP contribution in [0.5, 0.6) is 0 Å². The molecule has 1 aliphatic heterocycles. The summed E-state index contributed by atoms with van der Waals surface area (Å²) in [4.78, 5) is 15.3. The maximum absolute atomic E-state index is 12.9. The van der Waals surface area contributed by atoms with Crippen LogP contribution in [0.15, 0.2) is 36.7 Å². The van der Waals surface area contributed by atoms with E-state index in [0.29, 0.717) is 13.0 Å². The van der Waals surface area contributed by atoms with Gasteiger partial charge in [0.2, 0.25) is 5.91 Å². The molecule has 0 bridgehead atoms. The van der Waals surface area contributed by atoms with Gasteiger partial charge in [-0.15, -0.1) is 5.10 Å². The number of hydrogen-bond acceptors (Lipinski definition) is 6. The molecule has 1 aromatic heterocycles. The van der Waals surface area contributed by atoms with Crippen molar-refractivity contribution in [3.8, 4) is 0 Å². The fourth-order valence-corrected chi connectivity index (χ4v) is 3.16. The molecule has 1 N–H and O–H groups in total. The Bertz CT molecular complexity index is 683. The predicted molar refractivity (Wildman–Crippen MR) is 96.5 cm³/mol. The summed E-state index contributed by atoms with van der Waals surface area (Å²) in [5, 5.41) is 14.4. The number of morpholine rings is 1. The van der Waals surface area contributed by atoms with Crippen molar-refractivity contribution in [3.63, 3.8) is 0 Å². The van der Waals surface area contributed by atoms with Crippen LogP contribution in [0.3, 0.4) is 0 Å². The zero-order valence-corrected chi connectivity index (χ0v) is 15.3. The van der Waals surface area contributed by atoms with Crippen LogP contribution in [0.25, 0.3) is 0 Å². The molecule has 0 radical (unpaired) electrons. The third kappa shape index (κ3) is 4.64. The highest BCUT2D eigenvalue weighted by Gasteiger charge is 2.30. The summed E-state index contributed by atoms with van der Waals surface area (Å²) in [7, 11) is 0. The summed E-state index contributed by atoms with van der Waals surface area (Å²) in [5.74, 6) is -0.0810. The monoisotopic (exact) mass is 358 g/mol. The normalized spacial score (nSPS) is 17.0. The van der Waals surface area contributed by atoms with Crippen molar-refractivity contribution in [2.45, 2.75) is 31.8 Å². The molecule has 0 saturated carbocycles. The van der Waals surface area contributed by atoms with Crippen LogP contribution >= 0.6 is 0 Å². The van der Waals surface area contributed by atoms with Gasteiger partial charge in [-0.3, -0.25) is 9.69 Å². The smallest absolute Gasteiger partial charge is 0.245 e. The van der Waals surface area contributed by atoms with E-state index < -0.39 is 6.04 Å². The van der Waals surface area contributed by atoms with Crippen LogP contribution < -0.4 is 5.32 Å². The van der Waals surface area contributed by atoms with Crippen LogP contribution in [0, 0.1) is 0 Å². The van der Waals surface area contributed by atoms with E-state index in [2.05, 4.69) is 39.6 Å². The van der Waals surface area contributed by atoms with E-state index in [-0.39, 0.29) is 11.4 Å². The molecule has 0 aliphatic carbocycles. The SMILES string of the molecule is CC(C)(CNC(=O)C(Cc1ccccc1)n1cnnn1)N1CCOCC1. The van der Waals surface area contributed by atoms with Crippen LogP contribution in [0.1, 0.15) is 25.5 Å². The molecule has 140 valence electrons. The second-order valence-electron chi connectivity index (χ2n) is 7.13. The lowest BCUT2D eigenvalue weighted by Crippen LogP contribution is -2.56. The maximum Gasteiger partial charge on any atom is 0.245 e. The Labute approximate surface area is 153 Å². The van der Waals surface area contributed by atoms with Crippen molar-refractivity contribution in [2.75, 3.05) is 32.8 Å². The number of amides is 1. The Morgan fingerprint density at radius 1 is 1.27 bits per heavy atom. The molecule has 2 aromatic rings. The first-order valence-electron chi connectivity index (χ1n) is 8.93. The Morgan fingerprint density at radius 3 is 2.65 bits per heavy atom. The third-order valence-electron chi connectivity index (χ3n) is 4.82. The lowest BCUT2D eigenvalue weighted by molar-refractivity contribution is -0.125. The first kappa shape index (κ1) is 18.5. The van der Waals surface area contributed by atoms with Gasteiger partial charge in [-0.1, -0.05) is 30.3 Å². The van der Waals surface area contributed by atoms with Gasteiger partial charge in [0.25, 0.3) is 0 Å². The molecule has 8 nitrogen and oxygen atoms in total. The third-order valence-corrected chi connectivity index (χ3v) is 4.82. The Balaban J connectivity index is 1.65. The maximum atomic E-state index is 12.9. The fraction of sp³-hybridized carbons (Fsp3) is 0.556. The van der Waals surface area contributed by atoms with E-state index in [0.717, 1.165) is 31.9 Å². The molecule has 1 unspecified atom stereocenters. The van der Waals surface area contributed by atoms with Crippen molar-refractivity contribution in [3.05, 3.63) is 42.2 Å². The van der Waals surface area contributed by atoms with Gasteiger partial charge in [-0.05, 0) is 29.8 Å². The van der Waals surface area contributed by atoms with Gasteiger partial charge in [-0.2, -0.15) is 0 Å². The van der Waals surface area contributed by atoms with E-state index in [1.165, 1.54) is 11.0 Å². The Kier molecular flexibility index (Phi) is 5.95. The van der Waals surface area contributed by atoms with Crippen molar-refractivity contribution in [1.29, 1.82) is 0 Å². The zero-order valence-electron chi connectivity index (χ0n) is 15.3. The zero-order chi connectivity index (χ0) is 18.4. The number of nitrogens with one attached hydrogen (secondary N) is 1. The fourth-order valence-electron chi connectivity index (χ4n) is 3.16. The van der Waals surface area contributed by atoms with Crippen molar-refractivity contribution in [2.24, 2.45) is 0 Å². The topological polar surface area (TPSA) is 85.2 Å². The molecule has 8 heteroatoms. The number of benzene rings is 1. The first-order chi connectivity index (χ1) is 12.6. The van der Waals surface area contributed by atoms with Gasteiger partial charge in [-0.25, -0.2) is 4.68 Å². The highest BCUT2D eigenvalue weighted by Crippen LogP contribution is 2.17. The minimum atomic E-state index is -0.479. The number of carbonyl (C=O) groups is 1. The van der Waals surface area contributed by atoms with E-state index in [1.54, 1.807) is 0 Å². The van der Waals surface area contributed by atoms with Crippen LogP contribution in [0.2, 0.25) is 0 Å². The van der Waals surface area contributed by atoms with Gasteiger partial charge < -0.3 is 10.1 Å². The quantitative estimate of drug-likeness (QED) is 0.784. The molecule has 1 saturated heterocycles. The number of carbonyl (C=O) groups excluding carboxylic acids is 1. The predicted octanol–water partition coefficient (Wildman–Crippen LogP) is 0.684. The second-order valence-corrected chi connectivity index (χ2v) is 7.13. The molecule has 1 fully saturated rings. The number of ether oxygens (including phenoxy) is 1. The molecular weight excluding hydrogens is 332 g/mol. The van der Waals surface area contributed by atoms with E-state index in [9.17, 15) is 4.79 Å². The van der Waals surface area contributed by atoms with Crippen molar-refractivity contribution >= 4 is 5.91 Å². The minimum absolute atomic E-state index is 0.0810. The van der Waals surface area contributed by atoms with Crippen molar-refractivity contribution < 1.29 is 9.53 Å². The van der Waals surface area contributed by atoms with Crippen LogP contribution in [-0.4, -0.2) is 69.4 Å². The molecule has 2 heterocycles. The number of aromatic nitrogens is 4. The van der Waals surface area contributed by atoms with Gasteiger partial charge in [0.05, 0.1) is 13.2 Å². The summed E-state index contributed by atoms with van der Waals surface area (Å²) < 4.78 is 6.94. The molecule has 3 rings (SSSR count). The molecule has 0 spiro atoms. The largest absolute Gasteiger partial charge is 0.379 e. The number of tetrazole rings is 1. The summed E-state index contributed by atoms with van der Waals surface area (Å²) in [6, 6.07) is 9.41. The van der Waals surface area contributed by atoms with Crippen LogP contribution in [0.4, 0.5) is 0 Å². The average Bonchev–Trinajstić information content (AvgIpc) is 3.20.